The molecular formula is C23H34N4O2. The van der Waals surface area contributed by atoms with E-state index in [0.29, 0.717) is 6.04 Å². The van der Waals surface area contributed by atoms with Gasteiger partial charge in [0.2, 0.25) is 0 Å². The van der Waals surface area contributed by atoms with Crippen molar-refractivity contribution in [2.45, 2.75) is 73.0 Å². The molecule has 2 aromatic rings. The van der Waals surface area contributed by atoms with Gasteiger partial charge in [0.05, 0.1) is 11.7 Å². The van der Waals surface area contributed by atoms with Crippen molar-refractivity contribution in [2.24, 2.45) is 5.41 Å². The fourth-order valence-corrected chi connectivity index (χ4v) is 4.32. The Labute approximate surface area is 174 Å². The van der Waals surface area contributed by atoms with Gasteiger partial charge in [0.1, 0.15) is 5.60 Å². The van der Waals surface area contributed by atoms with E-state index < -0.39 is 5.60 Å². The Hall–Kier alpha value is -2.37. The lowest BCUT2D eigenvalue weighted by atomic mass is 9.61. The van der Waals surface area contributed by atoms with Gasteiger partial charge in [0, 0.05) is 42.2 Å². The van der Waals surface area contributed by atoms with Crippen molar-refractivity contribution in [1.82, 2.24) is 19.7 Å². The number of amides is 1. The van der Waals surface area contributed by atoms with Gasteiger partial charge in [-0.05, 0) is 65.2 Å². The second kappa shape index (κ2) is 7.81. The van der Waals surface area contributed by atoms with Crippen LogP contribution in [0.4, 0.5) is 4.79 Å². The highest BCUT2D eigenvalue weighted by molar-refractivity contribution is 5.69. The summed E-state index contributed by atoms with van der Waals surface area (Å²) in [6, 6.07) is 4.41. The molecule has 0 radical (unpaired) electrons. The molecule has 1 aliphatic heterocycles. The minimum absolute atomic E-state index is 0.193. The molecule has 2 aromatic heterocycles. The van der Waals surface area contributed by atoms with Crippen LogP contribution in [-0.2, 0) is 4.74 Å². The number of pyridine rings is 1. The van der Waals surface area contributed by atoms with E-state index in [2.05, 4.69) is 29.6 Å². The van der Waals surface area contributed by atoms with E-state index in [1.807, 2.05) is 51.8 Å². The van der Waals surface area contributed by atoms with E-state index in [-0.39, 0.29) is 11.5 Å². The van der Waals surface area contributed by atoms with Crippen LogP contribution in [-0.4, -0.2) is 44.4 Å². The molecule has 2 fully saturated rings. The molecule has 0 unspecified atom stereocenters. The number of aromatic nitrogens is 3. The van der Waals surface area contributed by atoms with Gasteiger partial charge in [-0.2, -0.15) is 5.10 Å². The lowest BCUT2D eigenvalue weighted by Gasteiger charge is -2.58. The van der Waals surface area contributed by atoms with Crippen LogP contribution in [0.1, 0.15) is 64.8 Å². The molecule has 1 saturated carbocycles. The highest BCUT2D eigenvalue weighted by Crippen LogP contribution is 2.54. The Bertz CT molecular complexity index is 853. The predicted molar refractivity (Wildman–Crippen MR) is 115 cm³/mol. The van der Waals surface area contributed by atoms with Crippen molar-refractivity contribution in [3.05, 3.63) is 35.8 Å². The van der Waals surface area contributed by atoms with Crippen molar-refractivity contribution in [1.29, 1.82) is 0 Å². The van der Waals surface area contributed by atoms with Gasteiger partial charge in [0.15, 0.2) is 0 Å². The summed E-state index contributed by atoms with van der Waals surface area (Å²) in [5.74, 6) is 0. The van der Waals surface area contributed by atoms with E-state index in [1.165, 1.54) is 11.3 Å². The van der Waals surface area contributed by atoms with Crippen LogP contribution in [0.3, 0.4) is 0 Å². The monoisotopic (exact) mass is 398 g/mol. The number of rotatable bonds is 2. The molecule has 0 aromatic carbocycles. The van der Waals surface area contributed by atoms with Crippen LogP contribution in [0.2, 0.25) is 0 Å². The number of ether oxygens (including phenoxy) is 1. The first-order valence-electron chi connectivity index (χ1n) is 10.6. The van der Waals surface area contributed by atoms with E-state index in [1.54, 1.807) is 6.20 Å². The maximum absolute atomic E-state index is 12.2. The van der Waals surface area contributed by atoms with Gasteiger partial charge >= 0.3 is 6.09 Å². The average Bonchev–Trinajstić information content (AvgIpc) is 2.89. The van der Waals surface area contributed by atoms with Crippen LogP contribution in [0, 0.1) is 19.3 Å². The first-order chi connectivity index (χ1) is 13.7. The van der Waals surface area contributed by atoms with E-state index in [4.69, 9.17) is 9.84 Å². The maximum atomic E-state index is 12.2. The Kier molecular flexibility index (Phi) is 5.74. The van der Waals surface area contributed by atoms with E-state index in [0.717, 1.165) is 37.2 Å². The van der Waals surface area contributed by atoms with Gasteiger partial charge in [-0.1, -0.05) is 13.8 Å². The third-order valence-electron chi connectivity index (χ3n) is 5.77. The number of carbonyl (C=O) groups is 1. The smallest absolute Gasteiger partial charge is 0.410 e. The first kappa shape index (κ1) is 21.3. The van der Waals surface area contributed by atoms with E-state index >= 15 is 0 Å². The Balaban J connectivity index is 0.00000117. The molecule has 0 atom stereocenters. The van der Waals surface area contributed by atoms with Crippen molar-refractivity contribution in [3.8, 4) is 11.3 Å². The molecule has 2 aliphatic rings. The standard InChI is InChI=1S/C21H28N4O2.C2H6/c1-14-15(2)25(23-18(14)16-7-6-8-22-11-16)17-9-21(10-17)12-24(13-21)19(26)27-20(3,4)5;1-2/h6-8,11,17H,9-10,12-13H2,1-5H3;1-2H3. The molecule has 1 saturated heterocycles. The summed E-state index contributed by atoms with van der Waals surface area (Å²) in [5.41, 5.74) is 4.33. The highest BCUT2D eigenvalue weighted by Gasteiger charge is 2.55. The Morgan fingerprint density at radius 2 is 1.86 bits per heavy atom. The fraction of sp³-hybridized carbons (Fsp3) is 0.609. The first-order valence-corrected chi connectivity index (χ1v) is 10.6. The molecule has 4 rings (SSSR count). The number of hydrogen-bond donors (Lipinski definition) is 0. The third-order valence-corrected chi connectivity index (χ3v) is 5.77. The molecule has 1 aliphatic carbocycles. The zero-order valence-corrected chi connectivity index (χ0v) is 18.8. The summed E-state index contributed by atoms with van der Waals surface area (Å²) in [5, 5.41) is 4.90. The van der Waals surface area contributed by atoms with Crippen molar-refractivity contribution in [2.75, 3.05) is 13.1 Å². The summed E-state index contributed by atoms with van der Waals surface area (Å²) < 4.78 is 7.65. The van der Waals surface area contributed by atoms with Crippen LogP contribution >= 0.6 is 0 Å². The molecule has 0 N–H and O–H groups in total. The second-order valence-corrected chi connectivity index (χ2v) is 9.14. The summed E-state index contributed by atoms with van der Waals surface area (Å²) >= 11 is 0. The number of carbonyl (C=O) groups excluding carboxylic acids is 1. The van der Waals surface area contributed by atoms with Crippen LogP contribution in [0.5, 0.6) is 0 Å². The predicted octanol–water partition coefficient (Wildman–Crippen LogP) is 5.16. The summed E-state index contributed by atoms with van der Waals surface area (Å²) in [7, 11) is 0. The van der Waals surface area contributed by atoms with Gasteiger partial charge in [-0.15, -0.1) is 0 Å². The van der Waals surface area contributed by atoms with Crippen LogP contribution < -0.4 is 0 Å². The third kappa shape index (κ3) is 4.16. The SMILES string of the molecule is CC.Cc1c(-c2cccnc2)nn(C2CC3(C2)CN(C(=O)OC(C)(C)C)C3)c1C. The number of hydrogen-bond acceptors (Lipinski definition) is 4. The summed E-state index contributed by atoms with van der Waals surface area (Å²) in [6.45, 7) is 15.6. The maximum Gasteiger partial charge on any atom is 0.410 e. The summed E-state index contributed by atoms with van der Waals surface area (Å²) in [4.78, 5) is 18.2. The van der Waals surface area contributed by atoms with Crippen LogP contribution in [0.25, 0.3) is 11.3 Å². The number of nitrogens with zero attached hydrogens (tertiary/aromatic N) is 4. The van der Waals surface area contributed by atoms with Crippen molar-refractivity contribution >= 4 is 6.09 Å². The highest BCUT2D eigenvalue weighted by atomic mass is 16.6. The molecule has 6 nitrogen and oxygen atoms in total. The Morgan fingerprint density at radius 1 is 1.21 bits per heavy atom. The zero-order valence-electron chi connectivity index (χ0n) is 18.8. The second-order valence-electron chi connectivity index (χ2n) is 9.14. The Morgan fingerprint density at radius 3 is 2.41 bits per heavy atom. The molecule has 29 heavy (non-hydrogen) atoms. The lowest BCUT2D eigenvalue weighted by molar-refractivity contribution is -0.0930. The molecule has 0 bridgehead atoms. The van der Waals surface area contributed by atoms with Gasteiger partial charge in [-0.25, -0.2) is 4.79 Å². The van der Waals surface area contributed by atoms with E-state index in [9.17, 15) is 4.79 Å². The number of likely N-dealkylation sites (tertiary alicyclic amines) is 1. The molecule has 158 valence electrons. The fourth-order valence-electron chi connectivity index (χ4n) is 4.32. The normalized spacial score (nSPS) is 17.8. The lowest BCUT2D eigenvalue weighted by Crippen LogP contribution is -2.64. The van der Waals surface area contributed by atoms with Crippen molar-refractivity contribution in [3.63, 3.8) is 0 Å². The molecule has 1 amide bonds. The van der Waals surface area contributed by atoms with Crippen molar-refractivity contribution < 1.29 is 9.53 Å². The minimum atomic E-state index is -0.436. The molecule has 1 spiro atoms. The minimum Gasteiger partial charge on any atom is -0.444 e. The zero-order chi connectivity index (χ0) is 21.4. The average molecular weight is 399 g/mol. The quantitative estimate of drug-likeness (QED) is 0.701. The molecule has 6 heteroatoms. The summed E-state index contributed by atoms with van der Waals surface area (Å²) in [6.07, 6.45) is 5.60. The van der Waals surface area contributed by atoms with Gasteiger partial charge in [-0.3, -0.25) is 9.67 Å². The topological polar surface area (TPSA) is 60.2 Å². The van der Waals surface area contributed by atoms with Gasteiger partial charge < -0.3 is 9.64 Å². The van der Waals surface area contributed by atoms with Crippen LogP contribution in [0.15, 0.2) is 24.5 Å². The molecular weight excluding hydrogens is 364 g/mol. The largest absolute Gasteiger partial charge is 0.444 e. The van der Waals surface area contributed by atoms with Gasteiger partial charge in [0.25, 0.3) is 0 Å². The molecule has 3 heterocycles.